The van der Waals surface area contributed by atoms with E-state index in [0.29, 0.717) is 32.4 Å². The normalized spacial score (nSPS) is 11.3. The van der Waals surface area contributed by atoms with Gasteiger partial charge in [0.2, 0.25) is 0 Å². The molecule has 0 radical (unpaired) electrons. The van der Waals surface area contributed by atoms with Gasteiger partial charge >= 0.3 is 0 Å². The van der Waals surface area contributed by atoms with Crippen LogP contribution in [0.4, 0.5) is 13.9 Å². The van der Waals surface area contributed by atoms with Gasteiger partial charge in [-0.2, -0.15) is 0 Å². The van der Waals surface area contributed by atoms with E-state index in [1.54, 1.807) is 11.4 Å². The zero-order valence-corrected chi connectivity index (χ0v) is 15.1. The molecule has 0 aliphatic rings. The summed E-state index contributed by atoms with van der Waals surface area (Å²) in [5.74, 6) is -0.822. The lowest BCUT2D eigenvalue weighted by Crippen LogP contribution is -2.11. The van der Waals surface area contributed by atoms with Gasteiger partial charge < -0.3 is 4.98 Å². The summed E-state index contributed by atoms with van der Waals surface area (Å²) in [6.07, 6.45) is -2.70. The fraction of sp³-hybridized carbons (Fsp3) is 0.0556. The Balaban J connectivity index is 1.56. The molecule has 0 unspecified atom stereocenters. The fourth-order valence-electron chi connectivity index (χ4n) is 2.57. The number of nitrogens with one attached hydrogen (secondary N) is 2. The molecule has 1 amide bonds. The molecule has 2 heterocycles. The van der Waals surface area contributed by atoms with E-state index < -0.39 is 18.2 Å². The van der Waals surface area contributed by atoms with E-state index in [1.165, 1.54) is 29.5 Å². The molecule has 9 heteroatoms. The number of aromatic nitrogens is 3. The number of aromatic amines is 1. The number of carbonyl (C=O) groups excluding carboxylic acids is 1. The predicted molar refractivity (Wildman–Crippen MR) is 102 cm³/mol. The summed E-state index contributed by atoms with van der Waals surface area (Å²) < 4.78 is 25.5. The molecule has 136 valence electrons. The number of alkyl halides is 2. The fourth-order valence-corrected chi connectivity index (χ4v) is 3.51. The lowest BCUT2D eigenvalue weighted by atomic mass is 10.2. The minimum atomic E-state index is -2.70. The van der Waals surface area contributed by atoms with E-state index in [9.17, 15) is 13.6 Å². The van der Waals surface area contributed by atoms with E-state index >= 15 is 0 Å². The number of hydrogen-bond acceptors (Lipinski definition) is 4. The van der Waals surface area contributed by atoms with Crippen molar-refractivity contribution in [1.82, 2.24) is 15.0 Å². The highest BCUT2D eigenvalue weighted by Gasteiger charge is 2.15. The van der Waals surface area contributed by atoms with Crippen molar-refractivity contribution in [3.8, 4) is 11.3 Å². The van der Waals surface area contributed by atoms with E-state index in [1.807, 2.05) is 18.2 Å². The number of nitrogens with zero attached hydrogens (tertiary/aromatic N) is 2. The highest BCUT2D eigenvalue weighted by molar-refractivity contribution is 7.14. The molecule has 4 rings (SSSR count). The molecule has 0 saturated carbocycles. The molecule has 5 nitrogen and oxygen atoms in total. The van der Waals surface area contributed by atoms with Crippen molar-refractivity contribution in [3.63, 3.8) is 0 Å². The number of amides is 1. The van der Waals surface area contributed by atoms with Gasteiger partial charge in [-0.15, -0.1) is 11.3 Å². The highest BCUT2D eigenvalue weighted by atomic mass is 35.5. The smallest absolute Gasteiger partial charge is 0.295 e. The number of rotatable bonds is 4. The van der Waals surface area contributed by atoms with Gasteiger partial charge in [-0.25, -0.2) is 18.7 Å². The SMILES string of the molecule is O=C(Nc1nc(-c2ccccc2Cl)cs1)c1ccc2nc(C(F)F)[nH]c2c1. The summed E-state index contributed by atoms with van der Waals surface area (Å²) >= 11 is 7.43. The van der Waals surface area contributed by atoms with Crippen LogP contribution in [0.2, 0.25) is 5.02 Å². The second kappa shape index (κ2) is 7.05. The number of halogens is 3. The Kier molecular flexibility index (Phi) is 4.59. The van der Waals surface area contributed by atoms with Crippen LogP contribution in [0.1, 0.15) is 22.6 Å². The first-order chi connectivity index (χ1) is 13.0. The number of carbonyl (C=O) groups is 1. The Morgan fingerprint density at radius 1 is 1.19 bits per heavy atom. The third kappa shape index (κ3) is 3.54. The first kappa shape index (κ1) is 17.6. The number of benzene rings is 2. The Morgan fingerprint density at radius 2 is 2.00 bits per heavy atom. The van der Waals surface area contributed by atoms with Crippen LogP contribution in [0.5, 0.6) is 0 Å². The molecular formula is C18H11ClF2N4OS. The minimum absolute atomic E-state index is 0.307. The summed E-state index contributed by atoms with van der Waals surface area (Å²) in [5, 5.41) is 5.48. The molecule has 2 aromatic heterocycles. The zero-order chi connectivity index (χ0) is 19.0. The Bertz CT molecular complexity index is 1140. The summed E-state index contributed by atoms with van der Waals surface area (Å²) in [6.45, 7) is 0. The lowest BCUT2D eigenvalue weighted by Gasteiger charge is -2.02. The third-order valence-corrected chi connectivity index (χ3v) is 4.93. The van der Waals surface area contributed by atoms with Crippen molar-refractivity contribution in [2.45, 2.75) is 6.43 Å². The number of hydrogen-bond donors (Lipinski definition) is 2. The van der Waals surface area contributed by atoms with Gasteiger partial charge in [0.25, 0.3) is 12.3 Å². The van der Waals surface area contributed by atoms with Crippen LogP contribution in [0.15, 0.2) is 47.8 Å². The first-order valence-electron chi connectivity index (χ1n) is 7.81. The van der Waals surface area contributed by atoms with Crippen LogP contribution < -0.4 is 5.32 Å². The van der Waals surface area contributed by atoms with E-state index in [2.05, 4.69) is 20.3 Å². The quantitative estimate of drug-likeness (QED) is 0.469. The molecular weight excluding hydrogens is 394 g/mol. The Morgan fingerprint density at radius 3 is 2.78 bits per heavy atom. The summed E-state index contributed by atoms with van der Waals surface area (Å²) in [4.78, 5) is 23.1. The van der Waals surface area contributed by atoms with Crippen molar-refractivity contribution in [1.29, 1.82) is 0 Å². The van der Waals surface area contributed by atoms with Gasteiger partial charge in [0.1, 0.15) is 0 Å². The number of anilines is 1. The Hall–Kier alpha value is -2.84. The van der Waals surface area contributed by atoms with Crippen LogP contribution >= 0.6 is 22.9 Å². The number of imidazole rings is 1. The maximum atomic E-state index is 12.7. The predicted octanol–water partition coefficient (Wildman–Crippen LogP) is 5.53. The van der Waals surface area contributed by atoms with Crippen LogP contribution in [0.25, 0.3) is 22.3 Å². The van der Waals surface area contributed by atoms with E-state index in [-0.39, 0.29) is 0 Å². The molecule has 0 spiro atoms. The highest BCUT2D eigenvalue weighted by Crippen LogP contribution is 2.30. The first-order valence-corrected chi connectivity index (χ1v) is 9.06. The van der Waals surface area contributed by atoms with Crippen molar-refractivity contribution in [2.75, 3.05) is 5.32 Å². The average molecular weight is 405 g/mol. The summed E-state index contributed by atoms with van der Waals surface area (Å²) in [7, 11) is 0. The molecule has 4 aromatic rings. The molecule has 0 aliphatic heterocycles. The molecule has 0 fully saturated rings. The second-order valence-electron chi connectivity index (χ2n) is 5.63. The number of H-pyrrole nitrogens is 1. The standard InChI is InChI=1S/C18H11ClF2N4OS/c19-11-4-2-1-3-10(11)14-8-27-18(24-14)25-17(26)9-5-6-12-13(7-9)23-16(22-12)15(20)21/h1-8,15H,(H,22,23)(H,24,25,26). The molecule has 0 aliphatic carbocycles. The van der Waals surface area contributed by atoms with Gasteiger partial charge in [-0.3, -0.25) is 10.1 Å². The second-order valence-corrected chi connectivity index (χ2v) is 6.89. The van der Waals surface area contributed by atoms with Gasteiger partial charge in [0, 0.05) is 21.5 Å². The molecule has 27 heavy (non-hydrogen) atoms. The van der Waals surface area contributed by atoms with Gasteiger partial charge in [0.05, 0.1) is 16.7 Å². The maximum absolute atomic E-state index is 12.7. The average Bonchev–Trinajstić information content (AvgIpc) is 3.28. The monoisotopic (exact) mass is 404 g/mol. The molecule has 0 saturated heterocycles. The Labute approximate surface area is 161 Å². The summed E-state index contributed by atoms with van der Waals surface area (Å²) in [6, 6.07) is 11.8. The zero-order valence-electron chi connectivity index (χ0n) is 13.5. The van der Waals surface area contributed by atoms with Crippen molar-refractivity contribution >= 4 is 45.0 Å². The minimum Gasteiger partial charge on any atom is -0.337 e. The topological polar surface area (TPSA) is 70.7 Å². The number of fused-ring (bicyclic) bond motifs is 1. The van der Waals surface area contributed by atoms with Crippen LogP contribution in [0, 0.1) is 0 Å². The maximum Gasteiger partial charge on any atom is 0.295 e. The van der Waals surface area contributed by atoms with Crippen molar-refractivity contribution in [3.05, 3.63) is 64.3 Å². The third-order valence-electron chi connectivity index (χ3n) is 3.84. The van der Waals surface area contributed by atoms with Crippen molar-refractivity contribution in [2.24, 2.45) is 0 Å². The summed E-state index contributed by atoms with van der Waals surface area (Å²) in [5.41, 5.74) is 2.48. The molecule has 2 N–H and O–H groups in total. The van der Waals surface area contributed by atoms with Gasteiger partial charge in [-0.1, -0.05) is 29.8 Å². The number of thiazole rings is 1. The molecule has 0 bridgehead atoms. The molecule has 0 atom stereocenters. The van der Waals surface area contributed by atoms with E-state index in [0.717, 1.165) is 5.56 Å². The van der Waals surface area contributed by atoms with E-state index in [4.69, 9.17) is 11.6 Å². The van der Waals surface area contributed by atoms with Crippen LogP contribution in [-0.2, 0) is 0 Å². The molecule has 2 aromatic carbocycles. The van der Waals surface area contributed by atoms with Crippen molar-refractivity contribution < 1.29 is 13.6 Å². The largest absolute Gasteiger partial charge is 0.337 e. The van der Waals surface area contributed by atoms with Crippen LogP contribution in [0.3, 0.4) is 0 Å². The van der Waals surface area contributed by atoms with Crippen LogP contribution in [-0.4, -0.2) is 20.9 Å². The lowest BCUT2D eigenvalue weighted by molar-refractivity contribution is 0.102. The van der Waals surface area contributed by atoms with Gasteiger partial charge in [-0.05, 0) is 24.3 Å². The van der Waals surface area contributed by atoms with Gasteiger partial charge in [0.15, 0.2) is 11.0 Å².